The molecule has 3 rings (SSSR count). The molecule has 0 bridgehead atoms. The molecule has 0 saturated heterocycles. The number of ketones is 1. The molecule has 0 fully saturated rings. The van der Waals surface area contributed by atoms with Crippen molar-refractivity contribution in [2.75, 3.05) is 18.5 Å². The molecule has 4 atom stereocenters. The average molecular weight is 440 g/mol. The van der Waals surface area contributed by atoms with Crippen molar-refractivity contribution in [3.63, 3.8) is 0 Å². The van der Waals surface area contributed by atoms with E-state index < -0.39 is 0 Å². The van der Waals surface area contributed by atoms with Crippen LogP contribution in [0.3, 0.4) is 0 Å². The lowest BCUT2D eigenvalue weighted by atomic mass is 9.66. The number of carbonyl (C=O) groups is 1. The lowest BCUT2D eigenvalue weighted by Gasteiger charge is -2.39. The van der Waals surface area contributed by atoms with E-state index in [0.717, 1.165) is 41.4 Å². The first kappa shape index (κ1) is 24.3. The Morgan fingerprint density at radius 2 is 1.88 bits per heavy atom. The molecule has 1 aliphatic rings. The molecule has 1 aromatic heterocycles. The number of fused-ring (bicyclic) bond motifs is 3. The summed E-state index contributed by atoms with van der Waals surface area (Å²) in [6, 6.07) is 5.13. The third-order valence-corrected chi connectivity index (χ3v) is 6.97. The number of benzene rings is 1. The summed E-state index contributed by atoms with van der Waals surface area (Å²) in [7, 11) is 2.00. The van der Waals surface area contributed by atoms with E-state index >= 15 is 0 Å². The summed E-state index contributed by atoms with van der Waals surface area (Å²) >= 11 is 0. The van der Waals surface area contributed by atoms with Crippen LogP contribution in [-0.2, 0) is 4.79 Å². The minimum Gasteiger partial charge on any atom is -0.344 e. The van der Waals surface area contributed by atoms with E-state index in [-0.39, 0.29) is 29.4 Å². The molecule has 1 aliphatic carbocycles. The Balaban J connectivity index is 2.18. The summed E-state index contributed by atoms with van der Waals surface area (Å²) in [5.41, 5.74) is 5.28. The van der Waals surface area contributed by atoms with Crippen molar-refractivity contribution in [3.05, 3.63) is 40.8 Å². The summed E-state index contributed by atoms with van der Waals surface area (Å²) in [5, 5.41) is 0. The lowest BCUT2D eigenvalue weighted by Crippen LogP contribution is -2.27. The molecule has 2 unspecified atom stereocenters. The van der Waals surface area contributed by atoms with Gasteiger partial charge in [0, 0.05) is 31.1 Å². The van der Waals surface area contributed by atoms with Gasteiger partial charge in [-0.05, 0) is 73.6 Å². The van der Waals surface area contributed by atoms with Gasteiger partial charge in [-0.3, -0.25) is 0 Å². The molecule has 2 aromatic rings. The Morgan fingerprint density at radius 1 is 1.19 bits per heavy atom. The van der Waals surface area contributed by atoms with Gasteiger partial charge in [0.05, 0.1) is 11.4 Å². The van der Waals surface area contributed by atoms with Crippen LogP contribution in [0.25, 0.3) is 11.3 Å². The molecule has 0 N–H and O–H groups in total. The fourth-order valence-electron chi connectivity index (χ4n) is 5.51. The van der Waals surface area contributed by atoms with E-state index in [4.69, 9.17) is 9.97 Å². The van der Waals surface area contributed by atoms with E-state index in [0.29, 0.717) is 18.3 Å². The van der Waals surface area contributed by atoms with Crippen LogP contribution in [0.5, 0.6) is 0 Å². The van der Waals surface area contributed by atoms with E-state index in [1.165, 1.54) is 5.56 Å². The quantitative estimate of drug-likeness (QED) is 0.459. The van der Waals surface area contributed by atoms with Gasteiger partial charge in [0.25, 0.3) is 0 Å². The van der Waals surface area contributed by atoms with Gasteiger partial charge >= 0.3 is 0 Å². The summed E-state index contributed by atoms with van der Waals surface area (Å²) in [4.78, 5) is 23.7. The second-order valence-corrected chi connectivity index (χ2v) is 10.1. The van der Waals surface area contributed by atoms with Crippen LogP contribution in [0.2, 0.25) is 0 Å². The van der Waals surface area contributed by atoms with Crippen LogP contribution >= 0.6 is 0 Å². The number of aromatic nitrogens is 2. The van der Waals surface area contributed by atoms with Crippen molar-refractivity contribution in [2.24, 2.45) is 11.8 Å². The molecule has 32 heavy (non-hydrogen) atoms. The third kappa shape index (κ3) is 4.72. The highest BCUT2D eigenvalue weighted by atomic mass is 19.1. The van der Waals surface area contributed by atoms with Gasteiger partial charge in [0.2, 0.25) is 5.95 Å². The number of hydrogen-bond acceptors (Lipinski definition) is 4. The van der Waals surface area contributed by atoms with Gasteiger partial charge < -0.3 is 9.69 Å². The maximum atomic E-state index is 14.5. The number of hydrogen-bond donors (Lipinski definition) is 0. The molecular formula is C27H38FN3O. The average Bonchev–Trinajstić information content (AvgIpc) is 2.71. The van der Waals surface area contributed by atoms with Crippen LogP contribution < -0.4 is 4.90 Å². The van der Waals surface area contributed by atoms with Crippen molar-refractivity contribution in [1.29, 1.82) is 0 Å². The number of rotatable bonds is 8. The highest BCUT2D eigenvalue weighted by molar-refractivity contribution is 5.76. The highest BCUT2D eigenvalue weighted by Gasteiger charge is 2.38. The standard InChI is InChI=1S/C27H38FN3O/c1-9-31(8)27-29-25(15(2)3)24-19(7)23(17(5)12-16(4)13-18(6)32)22-14-20(28)10-11-21(22)26(24)30-27/h10-11,14-17,19,23H,9,12-13H2,1-8H3/t16-,17+,19?,23?/m1/s1. The lowest BCUT2D eigenvalue weighted by molar-refractivity contribution is -0.117. The second kappa shape index (κ2) is 9.68. The zero-order valence-corrected chi connectivity index (χ0v) is 20.9. The molecule has 0 spiro atoms. The fraction of sp³-hybridized carbons (Fsp3) is 0.593. The van der Waals surface area contributed by atoms with Crippen LogP contribution in [0.15, 0.2) is 18.2 Å². The molecule has 1 aromatic carbocycles. The number of anilines is 1. The summed E-state index contributed by atoms with van der Waals surface area (Å²) in [6.45, 7) is 15.5. The number of Topliss-reactive ketones (excluding diaryl/α,β-unsaturated/α-hetero) is 1. The Labute approximate surface area is 192 Å². The van der Waals surface area contributed by atoms with Crippen LogP contribution in [0, 0.1) is 17.7 Å². The highest BCUT2D eigenvalue weighted by Crippen LogP contribution is 2.52. The van der Waals surface area contributed by atoms with Gasteiger partial charge in [0.15, 0.2) is 0 Å². The maximum absolute atomic E-state index is 14.5. The van der Waals surface area contributed by atoms with E-state index in [1.54, 1.807) is 19.1 Å². The number of halogens is 1. The molecule has 0 aliphatic heterocycles. The summed E-state index contributed by atoms with van der Waals surface area (Å²) < 4.78 is 14.5. The third-order valence-electron chi connectivity index (χ3n) is 6.97. The summed E-state index contributed by atoms with van der Waals surface area (Å²) in [5.74, 6) is 1.90. The van der Waals surface area contributed by atoms with Gasteiger partial charge in [-0.2, -0.15) is 0 Å². The predicted molar refractivity (Wildman–Crippen MR) is 130 cm³/mol. The molecular weight excluding hydrogens is 401 g/mol. The smallest absolute Gasteiger partial charge is 0.225 e. The van der Waals surface area contributed by atoms with Crippen LogP contribution in [0.4, 0.5) is 10.3 Å². The summed E-state index contributed by atoms with van der Waals surface area (Å²) in [6.07, 6.45) is 1.51. The first-order valence-electron chi connectivity index (χ1n) is 12.0. The molecule has 174 valence electrons. The van der Waals surface area contributed by atoms with E-state index in [9.17, 15) is 9.18 Å². The van der Waals surface area contributed by atoms with E-state index in [1.807, 2.05) is 13.1 Å². The molecule has 5 heteroatoms. The molecule has 0 saturated carbocycles. The first-order valence-corrected chi connectivity index (χ1v) is 12.0. The zero-order chi connectivity index (χ0) is 23.7. The molecule has 1 heterocycles. The fourth-order valence-corrected chi connectivity index (χ4v) is 5.51. The van der Waals surface area contributed by atoms with Crippen molar-refractivity contribution >= 4 is 11.7 Å². The Morgan fingerprint density at radius 3 is 2.47 bits per heavy atom. The van der Waals surface area contributed by atoms with Crippen molar-refractivity contribution in [3.8, 4) is 11.3 Å². The van der Waals surface area contributed by atoms with Gasteiger partial charge in [-0.15, -0.1) is 0 Å². The number of carbonyl (C=O) groups excluding carboxylic acids is 1. The zero-order valence-electron chi connectivity index (χ0n) is 20.9. The second-order valence-electron chi connectivity index (χ2n) is 10.1. The molecule has 0 amide bonds. The van der Waals surface area contributed by atoms with Gasteiger partial charge in [-0.25, -0.2) is 14.4 Å². The first-order chi connectivity index (χ1) is 15.0. The predicted octanol–water partition coefficient (Wildman–Crippen LogP) is 6.70. The van der Waals surface area contributed by atoms with Crippen molar-refractivity contribution in [1.82, 2.24) is 9.97 Å². The Hall–Kier alpha value is -2.30. The SMILES string of the molecule is CCN(C)c1nc2c(c(C(C)C)n1)C(C)C([C@@H](C)C[C@@H](C)CC(C)=O)c1cc(F)ccc1-2. The molecule has 0 radical (unpaired) electrons. The van der Waals surface area contributed by atoms with Crippen molar-refractivity contribution < 1.29 is 9.18 Å². The Kier molecular flexibility index (Phi) is 7.36. The van der Waals surface area contributed by atoms with Crippen LogP contribution in [-0.4, -0.2) is 29.3 Å². The normalized spacial score (nSPS) is 19.3. The molecule has 4 nitrogen and oxygen atoms in total. The minimum atomic E-state index is -0.211. The van der Waals surface area contributed by atoms with Gasteiger partial charge in [0.1, 0.15) is 11.6 Å². The maximum Gasteiger partial charge on any atom is 0.225 e. The monoisotopic (exact) mass is 439 g/mol. The van der Waals surface area contributed by atoms with Crippen molar-refractivity contribution in [2.45, 2.75) is 79.1 Å². The topological polar surface area (TPSA) is 46.1 Å². The largest absolute Gasteiger partial charge is 0.344 e. The van der Waals surface area contributed by atoms with Gasteiger partial charge in [-0.1, -0.05) is 34.6 Å². The van der Waals surface area contributed by atoms with E-state index in [2.05, 4.69) is 46.4 Å². The minimum absolute atomic E-state index is 0.151. The Bertz CT molecular complexity index is 987. The van der Waals surface area contributed by atoms with Crippen LogP contribution in [0.1, 0.15) is 95.9 Å². The number of nitrogens with zero attached hydrogens (tertiary/aromatic N) is 3.